The van der Waals surface area contributed by atoms with Crippen LogP contribution in [0.15, 0.2) is 65.1 Å². The zero-order valence-corrected chi connectivity index (χ0v) is 19.3. The second kappa shape index (κ2) is 9.67. The van der Waals surface area contributed by atoms with Crippen molar-refractivity contribution in [3.8, 4) is 11.8 Å². The minimum atomic E-state index is -0.957. The van der Waals surface area contributed by atoms with Gasteiger partial charge < -0.3 is 19.9 Å². The van der Waals surface area contributed by atoms with E-state index in [0.717, 1.165) is 5.56 Å². The van der Waals surface area contributed by atoms with Crippen molar-refractivity contribution in [2.45, 2.75) is 12.8 Å². The van der Waals surface area contributed by atoms with Crippen LogP contribution in [0.4, 0.5) is 5.69 Å². The molecule has 33 heavy (non-hydrogen) atoms. The number of rotatable bonds is 5. The van der Waals surface area contributed by atoms with Gasteiger partial charge in [-0.3, -0.25) is 4.90 Å². The van der Waals surface area contributed by atoms with Gasteiger partial charge in [0.15, 0.2) is 0 Å². The molecule has 0 radical (unpaired) electrons. The summed E-state index contributed by atoms with van der Waals surface area (Å²) in [5, 5.41) is 10.4. The Morgan fingerprint density at radius 1 is 1.09 bits per heavy atom. The number of halogens is 1. The summed E-state index contributed by atoms with van der Waals surface area (Å²) in [7, 11) is 3.81. The highest BCUT2D eigenvalue weighted by Crippen LogP contribution is 2.46. The highest BCUT2D eigenvalue weighted by Gasteiger charge is 2.43. The minimum Gasteiger partial charge on any atom is -0.495 e. The van der Waals surface area contributed by atoms with Crippen molar-refractivity contribution in [2.24, 2.45) is 5.73 Å². The van der Waals surface area contributed by atoms with Crippen LogP contribution < -0.4 is 15.4 Å². The number of nitrogens with zero attached hydrogens (tertiary/aromatic N) is 2. The Morgan fingerprint density at radius 2 is 1.73 bits per heavy atom. The Hall–Kier alpha value is -3.96. The lowest BCUT2D eigenvalue weighted by Gasteiger charge is -2.36. The van der Waals surface area contributed by atoms with E-state index in [-0.39, 0.29) is 28.4 Å². The molecular formula is C24H22ClN3O5. The first-order valence-electron chi connectivity index (χ1n) is 9.80. The number of carbonyl (C=O) groups is 2. The zero-order valence-electron chi connectivity index (χ0n) is 18.5. The number of hydrogen-bond donors (Lipinski definition) is 1. The predicted molar refractivity (Wildman–Crippen MR) is 122 cm³/mol. The maximum atomic E-state index is 13.1. The van der Waals surface area contributed by atoms with Crippen molar-refractivity contribution >= 4 is 29.2 Å². The van der Waals surface area contributed by atoms with Gasteiger partial charge in [-0.25, -0.2) is 9.59 Å². The molecule has 9 heteroatoms. The van der Waals surface area contributed by atoms with Crippen LogP contribution in [0, 0.1) is 18.3 Å². The van der Waals surface area contributed by atoms with E-state index in [0.29, 0.717) is 16.3 Å². The first-order valence-corrected chi connectivity index (χ1v) is 10.2. The van der Waals surface area contributed by atoms with Crippen LogP contribution in [-0.4, -0.2) is 33.3 Å². The molecule has 2 aromatic carbocycles. The number of benzene rings is 2. The Balaban J connectivity index is 2.47. The van der Waals surface area contributed by atoms with E-state index >= 15 is 0 Å². The molecule has 0 bridgehead atoms. The number of nitrogens with two attached hydrogens (primary N) is 1. The van der Waals surface area contributed by atoms with Gasteiger partial charge in [0.05, 0.1) is 50.2 Å². The van der Waals surface area contributed by atoms with Crippen LogP contribution in [0.25, 0.3) is 0 Å². The fourth-order valence-corrected chi connectivity index (χ4v) is 3.90. The second-order valence-corrected chi connectivity index (χ2v) is 7.52. The molecule has 1 aliphatic heterocycles. The van der Waals surface area contributed by atoms with E-state index in [1.54, 1.807) is 43.3 Å². The molecule has 3 rings (SSSR count). The molecule has 0 saturated heterocycles. The summed E-state index contributed by atoms with van der Waals surface area (Å²) in [4.78, 5) is 27.4. The number of anilines is 1. The lowest BCUT2D eigenvalue weighted by atomic mass is 9.81. The van der Waals surface area contributed by atoms with Gasteiger partial charge in [0.25, 0.3) is 0 Å². The largest absolute Gasteiger partial charge is 0.495 e. The van der Waals surface area contributed by atoms with E-state index in [1.807, 2.05) is 0 Å². The number of esters is 2. The molecule has 8 nitrogen and oxygen atoms in total. The highest BCUT2D eigenvalue weighted by molar-refractivity contribution is 6.31. The molecule has 0 fully saturated rings. The van der Waals surface area contributed by atoms with Crippen LogP contribution >= 0.6 is 11.6 Å². The Labute approximate surface area is 196 Å². The molecule has 2 aromatic rings. The van der Waals surface area contributed by atoms with Crippen LogP contribution in [0.1, 0.15) is 17.0 Å². The molecule has 1 unspecified atom stereocenters. The second-order valence-electron chi connectivity index (χ2n) is 7.11. The maximum Gasteiger partial charge on any atom is 0.355 e. The topological polar surface area (TPSA) is 115 Å². The summed E-state index contributed by atoms with van der Waals surface area (Å²) in [5.74, 6) is -2.37. The van der Waals surface area contributed by atoms with Crippen molar-refractivity contribution in [2.75, 3.05) is 26.2 Å². The van der Waals surface area contributed by atoms with E-state index in [4.69, 9.17) is 31.5 Å². The van der Waals surface area contributed by atoms with Crippen LogP contribution in [0.2, 0.25) is 5.02 Å². The first kappa shape index (κ1) is 23.7. The van der Waals surface area contributed by atoms with Crippen molar-refractivity contribution in [3.63, 3.8) is 0 Å². The fourth-order valence-electron chi connectivity index (χ4n) is 3.75. The van der Waals surface area contributed by atoms with Gasteiger partial charge >= 0.3 is 11.9 Å². The van der Waals surface area contributed by atoms with Crippen molar-refractivity contribution < 1.29 is 23.8 Å². The number of aryl methyl sites for hydroxylation is 1. The minimum absolute atomic E-state index is 0.0491. The van der Waals surface area contributed by atoms with Gasteiger partial charge in [0.2, 0.25) is 0 Å². The Morgan fingerprint density at radius 3 is 2.27 bits per heavy atom. The number of nitriles is 1. The Bertz CT molecular complexity index is 1210. The summed E-state index contributed by atoms with van der Waals surface area (Å²) >= 11 is 6.36. The molecule has 2 N–H and O–H groups in total. The molecule has 1 atom stereocenters. The molecule has 0 spiro atoms. The third-order valence-corrected chi connectivity index (χ3v) is 5.72. The lowest BCUT2D eigenvalue weighted by molar-refractivity contribution is -0.139. The number of ether oxygens (including phenoxy) is 3. The molecule has 1 heterocycles. The third kappa shape index (κ3) is 4.11. The molecule has 1 aliphatic rings. The summed E-state index contributed by atoms with van der Waals surface area (Å²) in [6.07, 6.45) is 0. The monoisotopic (exact) mass is 467 g/mol. The van der Waals surface area contributed by atoms with Crippen LogP contribution in [-0.2, 0) is 19.1 Å². The number of allylic oxidation sites excluding steroid dienone is 1. The van der Waals surface area contributed by atoms with Gasteiger partial charge in [0.1, 0.15) is 17.3 Å². The molecule has 0 saturated carbocycles. The summed E-state index contributed by atoms with van der Waals surface area (Å²) < 4.78 is 15.5. The Kier molecular flexibility index (Phi) is 6.95. The summed E-state index contributed by atoms with van der Waals surface area (Å²) in [6.45, 7) is 1.78. The van der Waals surface area contributed by atoms with E-state index in [2.05, 4.69) is 6.07 Å². The highest BCUT2D eigenvalue weighted by atomic mass is 35.5. The lowest BCUT2D eigenvalue weighted by Crippen LogP contribution is -2.41. The van der Waals surface area contributed by atoms with E-state index in [9.17, 15) is 14.9 Å². The van der Waals surface area contributed by atoms with Crippen LogP contribution in [0.3, 0.4) is 0 Å². The normalized spacial score (nSPS) is 15.8. The molecule has 0 aromatic heterocycles. The smallest absolute Gasteiger partial charge is 0.355 e. The maximum absolute atomic E-state index is 13.1. The quantitative estimate of drug-likeness (QED) is 0.664. The number of carbonyl (C=O) groups excluding carboxylic acids is 2. The molecule has 170 valence electrons. The van der Waals surface area contributed by atoms with Crippen molar-refractivity contribution in [1.29, 1.82) is 5.26 Å². The van der Waals surface area contributed by atoms with Gasteiger partial charge in [0, 0.05) is 5.02 Å². The average Bonchev–Trinajstić information content (AvgIpc) is 2.84. The summed E-state index contributed by atoms with van der Waals surface area (Å²) in [5.41, 5.74) is 7.78. The van der Waals surface area contributed by atoms with Crippen LogP contribution in [0.5, 0.6) is 5.75 Å². The van der Waals surface area contributed by atoms with Gasteiger partial charge in [-0.1, -0.05) is 41.9 Å². The van der Waals surface area contributed by atoms with Gasteiger partial charge in [-0.15, -0.1) is 0 Å². The van der Waals surface area contributed by atoms with Gasteiger partial charge in [-0.05, 0) is 30.2 Å². The van der Waals surface area contributed by atoms with E-state index < -0.39 is 17.9 Å². The zero-order chi connectivity index (χ0) is 24.3. The number of methoxy groups -OCH3 is 3. The summed E-state index contributed by atoms with van der Waals surface area (Å²) in [6, 6.07) is 14.0. The molecular weight excluding hydrogens is 446 g/mol. The SMILES string of the molecule is COC(=O)C1=C(C(=O)OC)N(c2cc(Cl)c(C)cc2OC)C(N)=C(C#N)C1c1ccccc1. The van der Waals surface area contributed by atoms with Gasteiger partial charge in [-0.2, -0.15) is 5.26 Å². The van der Waals surface area contributed by atoms with Crippen molar-refractivity contribution in [3.05, 3.63) is 81.3 Å². The third-order valence-electron chi connectivity index (χ3n) is 5.31. The molecule has 0 amide bonds. The molecule has 0 aliphatic carbocycles. The predicted octanol–water partition coefficient (Wildman–Crippen LogP) is 3.55. The van der Waals surface area contributed by atoms with Crippen molar-refractivity contribution in [1.82, 2.24) is 0 Å². The standard InChI is InChI=1S/C24H22ClN3O5/c1-13-10-18(31-2)17(11-16(13)25)28-21(24(30)33-4)20(23(29)32-3)19(15(12-26)22(28)27)14-8-6-5-7-9-14/h5-11,19H,27H2,1-4H3. The van der Waals surface area contributed by atoms with E-state index in [1.165, 1.54) is 32.3 Å². The fraction of sp³-hybridized carbons (Fsp3) is 0.208. The first-order chi connectivity index (χ1) is 15.8. The number of hydrogen-bond acceptors (Lipinski definition) is 8. The average molecular weight is 468 g/mol.